The van der Waals surface area contributed by atoms with Crippen LogP contribution in [0, 0.1) is 0 Å². The maximum atomic E-state index is 12.7. The highest BCUT2D eigenvalue weighted by Crippen LogP contribution is 2.44. The predicted octanol–water partition coefficient (Wildman–Crippen LogP) is 1.34. The first-order chi connectivity index (χ1) is 11.3. The number of carbonyl (C=O) groups excluding carboxylic acids is 1. The molecule has 0 aromatic carbocycles. The number of nitrogens with zero attached hydrogens (tertiary/aromatic N) is 5. The second-order valence-corrected chi connectivity index (χ2v) is 6.42. The van der Waals surface area contributed by atoms with E-state index in [2.05, 4.69) is 15.1 Å². The zero-order valence-corrected chi connectivity index (χ0v) is 12.8. The minimum Gasteiger partial charge on any atom is -0.332 e. The van der Waals surface area contributed by atoms with Crippen LogP contribution in [0.4, 0.5) is 0 Å². The maximum Gasteiger partial charge on any atom is 0.278 e. The molecule has 0 unspecified atom stereocenters. The highest BCUT2D eigenvalue weighted by atomic mass is 32.1. The Bertz CT molecular complexity index is 925. The molecule has 1 amide bonds. The van der Waals surface area contributed by atoms with E-state index in [4.69, 9.17) is 10.3 Å². The van der Waals surface area contributed by atoms with E-state index in [-0.39, 0.29) is 18.5 Å². The van der Waals surface area contributed by atoms with Gasteiger partial charge in [-0.2, -0.15) is 4.98 Å². The van der Waals surface area contributed by atoms with Gasteiger partial charge in [-0.15, -0.1) is 11.3 Å². The van der Waals surface area contributed by atoms with Gasteiger partial charge in [0.15, 0.2) is 11.5 Å². The van der Waals surface area contributed by atoms with Crippen LogP contribution in [0.25, 0.3) is 17.3 Å². The van der Waals surface area contributed by atoms with Gasteiger partial charge >= 0.3 is 0 Å². The number of amides is 1. The molecular weight excluding hydrogens is 316 g/mol. The number of hydrogen-bond donors (Lipinski definition) is 1. The first-order valence-corrected chi connectivity index (χ1v) is 8.15. The van der Waals surface area contributed by atoms with Crippen LogP contribution < -0.4 is 5.73 Å². The molecule has 2 N–H and O–H groups in total. The molecule has 1 fully saturated rings. The molecule has 5 heterocycles. The summed E-state index contributed by atoms with van der Waals surface area (Å²) < 4.78 is 7.26. The molecule has 1 saturated heterocycles. The van der Waals surface area contributed by atoms with Gasteiger partial charge in [-0.1, -0.05) is 5.16 Å². The SMILES string of the molecule is NCc1noc(-c2ncn3c2[C@@H]2CCN2C(=O)c2sccc2-3)n1. The lowest BCUT2D eigenvalue weighted by atomic mass is 9.98. The van der Waals surface area contributed by atoms with Crippen LogP contribution in [0.3, 0.4) is 0 Å². The smallest absolute Gasteiger partial charge is 0.278 e. The molecule has 2 aliphatic heterocycles. The van der Waals surface area contributed by atoms with E-state index in [0.717, 1.165) is 29.2 Å². The quantitative estimate of drug-likeness (QED) is 0.761. The van der Waals surface area contributed by atoms with Crippen molar-refractivity contribution in [3.63, 3.8) is 0 Å². The summed E-state index contributed by atoms with van der Waals surface area (Å²) >= 11 is 1.46. The Morgan fingerprint density at radius 1 is 1.48 bits per heavy atom. The summed E-state index contributed by atoms with van der Waals surface area (Å²) in [6.45, 7) is 0.964. The van der Waals surface area contributed by atoms with Gasteiger partial charge in [0.25, 0.3) is 11.8 Å². The Morgan fingerprint density at radius 3 is 3.13 bits per heavy atom. The van der Waals surface area contributed by atoms with Crippen LogP contribution in [-0.4, -0.2) is 37.0 Å². The van der Waals surface area contributed by atoms with Gasteiger partial charge in [0.2, 0.25) is 0 Å². The van der Waals surface area contributed by atoms with Crippen LogP contribution in [0.2, 0.25) is 0 Å². The standard InChI is InChI=1S/C14H12N6O2S/c15-5-9-17-13(22-18-9)10-11-7-1-3-19(7)14(21)12-8(2-4-23-12)20(11)6-16-10/h2,4,6-7H,1,3,5,15H2/t7-/m0/s1. The Labute approximate surface area is 134 Å². The lowest BCUT2D eigenvalue weighted by molar-refractivity contribution is 0.0466. The second-order valence-electron chi connectivity index (χ2n) is 5.51. The van der Waals surface area contributed by atoms with E-state index in [1.165, 1.54) is 11.3 Å². The van der Waals surface area contributed by atoms with Gasteiger partial charge in [-0.05, 0) is 17.9 Å². The second kappa shape index (κ2) is 4.49. The minimum absolute atomic E-state index is 0.00664. The highest BCUT2D eigenvalue weighted by Gasteiger charge is 2.42. The molecule has 9 heteroatoms. The highest BCUT2D eigenvalue weighted by molar-refractivity contribution is 7.12. The van der Waals surface area contributed by atoms with Crippen LogP contribution in [0.5, 0.6) is 0 Å². The van der Waals surface area contributed by atoms with Gasteiger partial charge < -0.3 is 15.2 Å². The summed E-state index contributed by atoms with van der Waals surface area (Å²) in [7, 11) is 0. The van der Waals surface area contributed by atoms with Crippen molar-refractivity contribution in [2.45, 2.75) is 19.0 Å². The molecule has 23 heavy (non-hydrogen) atoms. The van der Waals surface area contributed by atoms with Gasteiger partial charge in [0, 0.05) is 6.54 Å². The van der Waals surface area contributed by atoms with Crippen molar-refractivity contribution in [1.82, 2.24) is 24.6 Å². The first-order valence-electron chi connectivity index (χ1n) is 7.27. The normalized spacial score (nSPS) is 18.9. The number of fused-ring (bicyclic) bond motifs is 5. The monoisotopic (exact) mass is 328 g/mol. The molecule has 0 aliphatic carbocycles. The lowest BCUT2D eigenvalue weighted by Gasteiger charge is -2.39. The molecule has 8 nitrogen and oxygen atoms in total. The molecule has 0 radical (unpaired) electrons. The molecule has 2 aliphatic rings. The van der Waals surface area contributed by atoms with E-state index in [0.29, 0.717) is 17.4 Å². The van der Waals surface area contributed by atoms with Crippen molar-refractivity contribution in [3.05, 3.63) is 34.2 Å². The number of rotatable bonds is 2. The zero-order chi connectivity index (χ0) is 15.6. The maximum absolute atomic E-state index is 12.7. The number of nitrogens with two attached hydrogens (primary N) is 1. The fourth-order valence-electron chi connectivity index (χ4n) is 3.16. The van der Waals surface area contributed by atoms with E-state index < -0.39 is 0 Å². The number of hydrogen-bond acceptors (Lipinski definition) is 7. The molecule has 3 aromatic rings. The average Bonchev–Trinajstić information content (AvgIpc) is 3.23. The number of carbonyl (C=O) groups is 1. The topological polar surface area (TPSA) is 103 Å². The summed E-state index contributed by atoms with van der Waals surface area (Å²) in [6, 6.07) is 1.94. The van der Waals surface area contributed by atoms with E-state index in [1.807, 2.05) is 20.9 Å². The molecule has 0 spiro atoms. The molecular formula is C14H12N6O2S. The average molecular weight is 328 g/mol. The number of thiophene rings is 1. The molecule has 1 atom stereocenters. The Balaban J connectivity index is 1.74. The van der Waals surface area contributed by atoms with E-state index in [1.54, 1.807) is 6.33 Å². The van der Waals surface area contributed by atoms with Crippen molar-refractivity contribution in [2.75, 3.05) is 6.54 Å². The fourth-order valence-corrected chi connectivity index (χ4v) is 4.00. The zero-order valence-electron chi connectivity index (χ0n) is 12.0. The first kappa shape index (κ1) is 13.0. The fraction of sp³-hybridized carbons (Fsp3) is 0.286. The Hall–Kier alpha value is -2.52. The summed E-state index contributed by atoms with van der Waals surface area (Å²) in [5.74, 6) is 0.861. The molecule has 116 valence electrons. The van der Waals surface area contributed by atoms with Crippen molar-refractivity contribution >= 4 is 17.2 Å². The van der Waals surface area contributed by atoms with Crippen molar-refractivity contribution in [1.29, 1.82) is 0 Å². The van der Waals surface area contributed by atoms with Gasteiger partial charge in [-0.3, -0.25) is 9.36 Å². The van der Waals surface area contributed by atoms with E-state index in [9.17, 15) is 4.79 Å². The summed E-state index contributed by atoms with van der Waals surface area (Å²) in [4.78, 5) is 24.0. The third-order valence-corrected chi connectivity index (χ3v) is 5.24. The van der Waals surface area contributed by atoms with Crippen molar-refractivity contribution < 1.29 is 9.32 Å². The number of imidazole rings is 1. The van der Waals surface area contributed by atoms with E-state index >= 15 is 0 Å². The molecule has 3 aromatic heterocycles. The summed E-state index contributed by atoms with van der Waals surface area (Å²) in [5.41, 5.74) is 7.96. The van der Waals surface area contributed by atoms with Crippen LogP contribution >= 0.6 is 11.3 Å². The predicted molar refractivity (Wildman–Crippen MR) is 81.0 cm³/mol. The van der Waals surface area contributed by atoms with Gasteiger partial charge in [0.05, 0.1) is 24.0 Å². The molecule has 0 bridgehead atoms. The Morgan fingerprint density at radius 2 is 2.39 bits per heavy atom. The van der Waals surface area contributed by atoms with Gasteiger partial charge in [-0.25, -0.2) is 4.98 Å². The molecule has 0 saturated carbocycles. The van der Waals surface area contributed by atoms with Crippen LogP contribution in [0.15, 0.2) is 22.3 Å². The lowest BCUT2D eigenvalue weighted by Crippen LogP contribution is -2.44. The number of aromatic nitrogens is 4. The summed E-state index contributed by atoms with van der Waals surface area (Å²) in [6.07, 6.45) is 2.62. The third-order valence-electron chi connectivity index (χ3n) is 4.35. The minimum atomic E-state index is -0.00664. The third kappa shape index (κ3) is 1.63. The van der Waals surface area contributed by atoms with Crippen LogP contribution in [0.1, 0.15) is 33.7 Å². The largest absolute Gasteiger partial charge is 0.332 e. The summed E-state index contributed by atoms with van der Waals surface area (Å²) in [5, 5.41) is 5.76. The van der Waals surface area contributed by atoms with Crippen LogP contribution in [-0.2, 0) is 6.54 Å². The van der Waals surface area contributed by atoms with Crippen molar-refractivity contribution in [3.8, 4) is 17.3 Å². The van der Waals surface area contributed by atoms with Crippen molar-refractivity contribution in [2.24, 2.45) is 5.73 Å². The molecule has 5 rings (SSSR count). The Kier molecular flexibility index (Phi) is 2.53. The van der Waals surface area contributed by atoms with Gasteiger partial charge in [0.1, 0.15) is 11.2 Å².